The Hall–Kier alpha value is -2.00. The fourth-order valence-corrected chi connectivity index (χ4v) is 3.74. The second-order valence-electron chi connectivity index (χ2n) is 7.14. The molecule has 1 saturated heterocycles. The van der Waals surface area contributed by atoms with Crippen LogP contribution in [-0.4, -0.2) is 57.7 Å². The molecule has 150 valence electrons. The Labute approximate surface area is 162 Å². The highest BCUT2D eigenvalue weighted by Gasteiger charge is 2.49. The molecule has 2 unspecified atom stereocenters. The van der Waals surface area contributed by atoms with Crippen molar-refractivity contribution in [1.29, 1.82) is 0 Å². The highest BCUT2D eigenvalue weighted by molar-refractivity contribution is 5.37. The molecule has 0 aliphatic carbocycles. The van der Waals surface area contributed by atoms with Gasteiger partial charge in [0.05, 0.1) is 6.61 Å². The predicted molar refractivity (Wildman–Crippen MR) is 98.4 cm³/mol. The molecule has 0 aromatic heterocycles. The summed E-state index contributed by atoms with van der Waals surface area (Å²) in [5.41, 5.74) is 1.79. The number of rotatable bonds is 4. The molecule has 28 heavy (non-hydrogen) atoms. The van der Waals surface area contributed by atoms with E-state index < -0.39 is 43.1 Å². The van der Waals surface area contributed by atoms with Crippen LogP contribution < -0.4 is 4.74 Å². The average molecular weight is 388 g/mol. The van der Waals surface area contributed by atoms with Crippen LogP contribution in [0.4, 0.5) is 0 Å². The van der Waals surface area contributed by atoms with Gasteiger partial charge in [-0.15, -0.1) is 0 Å². The SMILES string of the molecule is OC[C@H]1OC(OC2(c3ccccc3)CCc3ccccc3O2)[C@H](O)[C@@H](O)[C@@H]1O. The zero-order valence-electron chi connectivity index (χ0n) is 15.2. The number of ether oxygens (including phenoxy) is 3. The van der Waals surface area contributed by atoms with Crippen LogP contribution in [-0.2, 0) is 21.7 Å². The van der Waals surface area contributed by atoms with Crippen molar-refractivity contribution in [2.75, 3.05) is 6.61 Å². The van der Waals surface area contributed by atoms with Crippen molar-refractivity contribution in [2.24, 2.45) is 0 Å². The lowest BCUT2D eigenvalue weighted by Crippen LogP contribution is -2.61. The Balaban J connectivity index is 1.68. The summed E-state index contributed by atoms with van der Waals surface area (Å²) < 4.78 is 18.0. The average Bonchev–Trinajstić information content (AvgIpc) is 2.74. The Morgan fingerprint density at radius 1 is 0.929 bits per heavy atom. The normalized spacial score (nSPS) is 35.1. The van der Waals surface area contributed by atoms with Crippen LogP contribution >= 0.6 is 0 Å². The molecule has 2 aliphatic rings. The molecular formula is C21H24O7. The smallest absolute Gasteiger partial charge is 0.239 e. The third-order valence-electron chi connectivity index (χ3n) is 5.34. The van der Waals surface area contributed by atoms with Crippen LogP contribution in [0.1, 0.15) is 17.5 Å². The minimum Gasteiger partial charge on any atom is -0.458 e. The molecule has 1 fully saturated rings. The van der Waals surface area contributed by atoms with Crippen LogP contribution in [0.5, 0.6) is 5.75 Å². The highest BCUT2D eigenvalue weighted by Crippen LogP contribution is 2.42. The number of hydrogen-bond acceptors (Lipinski definition) is 7. The van der Waals surface area contributed by atoms with Gasteiger partial charge in [-0.05, 0) is 18.1 Å². The quantitative estimate of drug-likeness (QED) is 0.610. The van der Waals surface area contributed by atoms with Gasteiger partial charge in [-0.3, -0.25) is 0 Å². The molecule has 4 N–H and O–H groups in total. The van der Waals surface area contributed by atoms with Crippen LogP contribution in [0.25, 0.3) is 0 Å². The first-order valence-corrected chi connectivity index (χ1v) is 9.35. The number of aliphatic hydroxyl groups is 4. The van der Waals surface area contributed by atoms with E-state index in [0.717, 1.165) is 11.1 Å². The minimum atomic E-state index is -1.51. The van der Waals surface area contributed by atoms with E-state index in [2.05, 4.69) is 0 Å². The van der Waals surface area contributed by atoms with Crippen molar-refractivity contribution < 1.29 is 34.6 Å². The monoisotopic (exact) mass is 388 g/mol. The van der Waals surface area contributed by atoms with Crippen LogP contribution in [0, 0.1) is 0 Å². The molecule has 6 atom stereocenters. The van der Waals surface area contributed by atoms with E-state index in [9.17, 15) is 20.4 Å². The van der Waals surface area contributed by atoms with Crippen molar-refractivity contribution in [3.8, 4) is 5.75 Å². The second-order valence-corrected chi connectivity index (χ2v) is 7.14. The van der Waals surface area contributed by atoms with E-state index in [4.69, 9.17) is 14.2 Å². The zero-order valence-corrected chi connectivity index (χ0v) is 15.2. The van der Waals surface area contributed by atoms with Gasteiger partial charge in [0.1, 0.15) is 30.2 Å². The summed E-state index contributed by atoms with van der Waals surface area (Å²) in [5.74, 6) is -0.578. The maximum absolute atomic E-state index is 10.4. The third-order valence-corrected chi connectivity index (χ3v) is 5.34. The molecule has 2 aromatic rings. The lowest BCUT2D eigenvalue weighted by atomic mass is 9.93. The van der Waals surface area contributed by atoms with Gasteiger partial charge in [-0.1, -0.05) is 48.5 Å². The van der Waals surface area contributed by atoms with Gasteiger partial charge in [-0.25, -0.2) is 0 Å². The van der Waals surface area contributed by atoms with E-state index >= 15 is 0 Å². The molecule has 4 rings (SSSR count). The van der Waals surface area contributed by atoms with Gasteiger partial charge in [0.2, 0.25) is 5.79 Å². The van der Waals surface area contributed by atoms with E-state index in [1.165, 1.54) is 0 Å². The number of para-hydroxylation sites is 1. The van der Waals surface area contributed by atoms with Gasteiger partial charge in [0.15, 0.2) is 6.29 Å². The maximum atomic E-state index is 10.4. The van der Waals surface area contributed by atoms with Gasteiger partial charge in [0.25, 0.3) is 0 Å². The number of benzene rings is 2. The topological polar surface area (TPSA) is 109 Å². The first-order chi connectivity index (χ1) is 13.5. The molecule has 2 heterocycles. The largest absolute Gasteiger partial charge is 0.458 e. The van der Waals surface area contributed by atoms with Gasteiger partial charge in [0, 0.05) is 12.0 Å². The molecule has 2 aromatic carbocycles. The molecule has 0 bridgehead atoms. The fourth-order valence-electron chi connectivity index (χ4n) is 3.74. The summed E-state index contributed by atoms with van der Waals surface area (Å²) in [6, 6.07) is 17.0. The van der Waals surface area contributed by atoms with Gasteiger partial charge < -0.3 is 34.6 Å². The molecule has 7 nitrogen and oxygen atoms in total. The first-order valence-electron chi connectivity index (χ1n) is 9.35. The van der Waals surface area contributed by atoms with Crippen molar-refractivity contribution in [1.82, 2.24) is 0 Å². The molecule has 7 heteroatoms. The highest BCUT2D eigenvalue weighted by atomic mass is 16.8. The number of aryl methyl sites for hydroxylation is 1. The lowest BCUT2D eigenvalue weighted by Gasteiger charge is -2.45. The van der Waals surface area contributed by atoms with E-state index in [1.54, 1.807) is 0 Å². The third kappa shape index (κ3) is 3.41. The summed E-state index contributed by atoms with van der Waals surface area (Å²) in [4.78, 5) is 0. The minimum absolute atomic E-state index is 0.461. The number of fused-ring (bicyclic) bond motifs is 1. The Morgan fingerprint density at radius 2 is 1.64 bits per heavy atom. The van der Waals surface area contributed by atoms with E-state index in [0.29, 0.717) is 18.6 Å². The Morgan fingerprint density at radius 3 is 2.39 bits per heavy atom. The summed E-state index contributed by atoms with van der Waals surface area (Å²) >= 11 is 0. The van der Waals surface area contributed by atoms with E-state index in [1.807, 2.05) is 54.6 Å². The van der Waals surface area contributed by atoms with Crippen LogP contribution in [0.3, 0.4) is 0 Å². The van der Waals surface area contributed by atoms with Gasteiger partial charge >= 0.3 is 0 Å². The number of hydrogen-bond donors (Lipinski definition) is 4. The lowest BCUT2D eigenvalue weighted by molar-refractivity contribution is -0.363. The summed E-state index contributed by atoms with van der Waals surface area (Å²) in [7, 11) is 0. The Bertz CT molecular complexity index is 796. The standard InChI is InChI=1S/C21H24O7/c22-12-16-17(23)18(24)19(25)20(26-16)28-21(14-7-2-1-3-8-14)11-10-13-6-4-5-9-15(13)27-21/h1-9,16-20,22-25H,10-12H2/t16-,17-,18+,19-,20?,21?/m1/s1. The predicted octanol–water partition coefficient (Wildman–Crippen LogP) is 0.681. The zero-order chi connectivity index (χ0) is 19.7. The van der Waals surface area contributed by atoms with Crippen molar-refractivity contribution in [2.45, 2.75) is 49.3 Å². The molecule has 0 amide bonds. The maximum Gasteiger partial charge on any atom is 0.239 e. The number of aliphatic hydroxyl groups excluding tert-OH is 4. The molecular weight excluding hydrogens is 364 g/mol. The molecule has 0 saturated carbocycles. The van der Waals surface area contributed by atoms with E-state index in [-0.39, 0.29) is 0 Å². The molecule has 0 spiro atoms. The summed E-state index contributed by atoms with van der Waals surface area (Å²) in [5, 5.41) is 40.0. The molecule has 2 aliphatic heterocycles. The summed E-state index contributed by atoms with van der Waals surface area (Å²) in [6.07, 6.45) is -5.65. The van der Waals surface area contributed by atoms with Gasteiger partial charge in [-0.2, -0.15) is 0 Å². The van der Waals surface area contributed by atoms with Crippen LogP contribution in [0.15, 0.2) is 54.6 Å². The first kappa shape index (κ1) is 19.3. The van der Waals surface area contributed by atoms with Crippen molar-refractivity contribution in [3.05, 3.63) is 65.7 Å². The fraction of sp³-hybridized carbons (Fsp3) is 0.429. The summed E-state index contributed by atoms with van der Waals surface area (Å²) in [6.45, 7) is -0.521. The molecule has 0 radical (unpaired) electrons. The van der Waals surface area contributed by atoms with Crippen LogP contribution in [0.2, 0.25) is 0 Å². The van der Waals surface area contributed by atoms with Crippen molar-refractivity contribution >= 4 is 0 Å². The Kier molecular flexibility index (Phi) is 5.37. The second kappa shape index (κ2) is 7.79. The van der Waals surface area contributed by atoms with Crippen molar-refractivity contribution in [3.63, 3.8) is 0 Å².